The van der Waals surface area contributed by atoms with Crippen LogP contribution < -0.4 is 5.32 Å². The Balaban J connectivity index is 4.18. The van der Waals surface area contributed by atoms with Gasteiger partial charge in [0.15, 0.2) is 5.78 Å². The first-order valence-corrected chi connectivity index (χ1v) is 4.93. The molecule has 0 aromatic carbocycles. The molecule has 0 aliphatic rings. The summed E-state index contributed by atoms with van der Waals surface area (Å²) in [6.45, 7) is 5.66. The second kappa shape index (κ2) is 6.11. The Morgan fingerprint density at radius 1 is 1.46 bits per heavy atom. The molecule has 2 N–H and O–H groups in total. The van der Waals surface area contributed by atoms with Gasteiger partial charge in [-0.25, -0.2) is 0 Å². The SMILES string of the molecule is CCCC(NC)C(O)C(=O)C(C)C. The highest BCUT2D eigenvalue weighted by Crippen LogP contribution is 2.08. The van der Waals surface area contributed by atoms with Crippen molar-refractivity contribution in [2.75, 3.05) is 7.05 Å². The largest absolute Gasteiger partial charge is 0.384 e. The quantitative estimate of drug-likeness (QED) is 0.651. The zero-order valence-corrected chi connectivity index (χ0v) is 9.00. The van der Waals surface area contributed by atoms with Gasteiger partial charge in [0.25, 0.3) is 0 Å². The van der Waals surface area contributed by atoms with E-state index in [2.05, 4.69) is 5.32 Å². The Morgan fingerprint density at radius 2 is 2.00 bits per heavy atom. The predicted molar refractivity (Wildman–Crippen MR) is 53.6 cm³/mol. The van der Waals surface area contributed by atoms with Crippen molar-refractivity contribution in [1.82, 2.24) is 5.32 Å². The summed E-state index contributed by atoms with van der Waals surface area (Å²) in [5, 5.41) is 12.6. The van der Waals surface area contributed by atoms with Crippen molar-refractivity contribution >= 4 is 5.78 Å². The van der Waals surface area contributed by atoms with E-state index in [0.29, 0.717) is 0 Å². The third kappa shape index (κ3) is 3.87. The van der Waals surface area contributed by atoms with Crippen LogP contribution in [-0.4, -0.2) is 30.1 Å². The van der Waals surface area contributed by atoms with Crippen LogP contribution in [0.5, 0.6) is 0 Å². The van der Waals surface area contributed by atoms with E-state index >= 15 is 0 Å². The number of carbonyl (C=O) groups excluding carboxylic acids is 1. The van der Waals surface area contributed by atoms with E-state index in [1.807, 2.05) is 20.8 Å². The van der Waals surface area contributed by atoms with Gasteiger partial charge >= 0.3 is 0 Å². The minimum absolute atomic E-state index is 0.0761. The third-order valence-electron chi connectivity index (χ3n) is 2.21. The van der Waals surface area contributed by atoms with E-state index in [1.54, 1.807) is 7.05 Å². The zero-order chi connectivity index (χ0) is 10.4. The molecule has 0 bridgehead atoms. The molecule has 0 amide bonds. The van der Waals surface area contributed by atoms with Crippen LogP contribution in [-0.2, 0) is 4.79 Å². The van der Waals surface area contributed by atoms with Gasteiger partial charge in [0.1, 0.15) is 6.10 Å². The van der Waals surface area contributed by atoms with Crippen molar-refractivity contribution in [1.29, 1.82) is 0 Å². The first-order chi connectivity index (χ1) is 6.04. The van der Waals surface area contributed by atoms with Crippen molar-refractivity contribution in [3.63, 3.8) is 0 Å². The van der Waals surface area contributed by atoms with Crippen molar-refractivity contribution < 1.29 is 9.90 Å². The lowest BCUT2D eigenvalue weighted by molar-refractivity contribution is -0.131. The summed E-state index contributed by atoms with van der Waals surface area (Å²) in [7, 11) is 1.77. The summed E-state index contributed by atoms with van der Waals surface area (Å²) >= 11 is 0. The maximum Gasteiger partial charge on any atom is 0.165 e. The monoisotopic (exact) mass is 187 g/mol. The van der Waals surface area contributed by atoms with Crippen molar-refractivity contribution in [2.45, 2.75) is 45.8 Å². The topological polar surface area (TPSA) is 49.3 Å². The fourth-order valence-corrected chi connectivity index (χ4v) is 1.31. The number of rotatable bonds is 6. The van der Waals surface area contributed by atoms with E-state index in [1.165, 1.54) is 0 Å². The normalized spacial score (nSPS) is 15.8. The molecular weight excluding hydrogens is 166 g/mol. The Bertz CT molecular complexity index is 157. The lowest BCUT2D eigenvalue weighted by atomic mass is 9.96. The number of hydrogen-bond donors (Lipinski definition) is 2. The summed E-state index contributed by atoms with van der Waals surface area (Å²) in [5.41, 5.74) is 0. The molecule has 0 aromatic heterocycles. The van der Waals surface area contributed by atoms with Gasteiger partial charge in [0.05, 0.1) is 0 Å². The predicted octanol–water partition coefficient (Wildman–Crippen LogP) is 0.961. The molecule has 0 aromatic rings. The molecule has 0 heterocycles. The van der Waals surface area contributed by atoms with Gasteiger partial charge in [-0.15, -0.1) is 0 Å². The van der Waals surface area contributed by atoms with Gasteiger partial charge in [0, 0.05) is 12.0 Å². The van der Waals surface area contributed by atoms with Crippen LogP contribution in [0.4, 0.5) is 0 Å². The van der Waals surface area contributed by atoms with Gasteiger partial charge in [-0.05, 0) is 13.5 Å². The van der Waals surface area contributed by atoms with Gasteiger partial charge in [-0.3, -0.25) is 4.79 Å². The minimum atomic E-state index is -0.857. The fraction of sp³-hybridized carbons (Fsp3) is 0.900. The number of ketones is 1. The maximum atomic E-state index is 11.4. The molecule has 0 aliphatic heterocycles. The molecule has 3 nitrogen and oxygen atoms in total. The van der Waals surface area contributed by atoms with Crippen LogP contribution in [0.25, 0.3) is 0 Å². The molecule has 0 saturated heterocycles. The van der Waals surface area contributed by atoms with Crippen LogP contribution >= 0.6 is 0 Å². The van der Waals surface area contributed by atoms with Gasteiger partial charge in [-0.2, -0.15) is 0 Å². The summed E-state index contributed by atoms with van der Waals surface area (Å²) in [4.78, 5) is 11.4. The number of hydrogen-bond acceptors (Lipinski definition) is 3. The third-order valence-corrected chi connectivity index (χ3v) is 2.21. The van der Waals surface area contributed by atoms with Crippen LogP contribution in [0.15, 0.2) is 0 Å². The first kappa shape index (κ1) is 12.6. The molecule has 0 saturated carbocycles. The van der Waals surface area contributed by atoms with Crippen molar-refractivity contribution in [2.24, 2.45) is 5.92 Å². The molecular formula is C10H21NO2. The Morgan fingerprint density at radius 3 is 2.31 bits per heavy atom. The van der Waals surface area contributed by atoms with Crippen LogP contribution in [0, 0.1) is 5.92 Å². The number of carbonyl (C=O) groups is 1. The molecule has 2 unspecified atom stereocenters. The molecule has 78 valence electrons. The van der Waals surface area contributed by atoms with E-state index in [9.17, 15) is 9.90 Å². The average Bonchev–Trinajstić information content (AvgIpc) is 2.11. The van der Waals surface area contributed by atoms with E-state index in [-0.39, 0.29) is 17.7 Å². The van der Waals surface area contributed by atoms with E-state index < -0.39 is 6.10 Å². The second-order valence-corrected chi connectivity index (χ2v) is 3.69. The van der Waals surface area contributed by atoms with E-state index in [0.717, 1.165) is 12.8 Å². The molecule has 0 spiro atoms. The second-order valence-electron chi connectivity index (χ2n) is 3.69. The summed E-state index contributed by atoms with van der Waals surface area (Å²) in [6.07, 6.45) is 0.939. The molecule has 13 heavy (non-hydrogen) atoms. The van der Waals surface area contributed by atoms with Gasteiger partial charge in [0.2, 0.25) is 0 Å². The zero-order valence-electron chi connectivity index (χ0n) is 9.00. The summed E-state index contributed by atoms with van der Waals surface area (Å²) in [5.74, 6) is -0.171. The smallest absolute Gasteiger partial charge is 0.165 e. The van der Waals surface area contributed by atoms with E-state index in [4.69, 9.17) is 0 Å². The van der Waals surface area contributed by atoms with Gasteiger partial charge in [-0.1, -0.05) is 27.2 Å². The highest BCUT2D eigenvalue weighted by Gasteiger charge is 2.25. The van der Waals surface area contributed by atoms with Crippen LogP contribution in [0.3, 0.4) is 0 Å². The highest BCUT2D eigenvalue weighted by molar-refractivity contribution is 5.85. The lowest BCUT2D eigenvalue weighted by Gasteiger charge is -2.22. The summed E-state index contributed by atoms with van der Waals surface area (Å²) < 4.78 is 0. The minimum Gasteiger partial charge on any atom is -0.384 e. The molecule has 0 fully saturated rings. The van der Waals surface area contributed by atoms with Gasteiger partial charge < -0.3 is 10.4 Å². The molecule has 0 rings (SSSR count). The van der Waals surface area contributed by atoms with Crippen LogP contribution in [0.1, 0.15) is 33.6 Å². The molecule has 2 atom stereocenters. The molecule has 3 heteroatoms. The number of Topliss-reactive ketones (excluding diaryl/α,β-unsaturated/α-hetero) is 1. The van der Waals surface area contributed by atoms with Crippen molar-refractivity contribution in [3.05, 3.63) is 0 Å². The highest BCUT2D eigenvalue weighted by atomic mass is 16.3. The fourth-order valence-electron chi connectivity index (χ4n) is 1.31. The number of nitrogens with one attached hydrogen (secondary N) is 1. The summed E-state index contributed by atoms with van der Waals surface area (Å²) in [6, 6.07) is -0.0973. The Kier molecular flexibility index (Phi) is 5.91. The number of aliphatic hydroxyl groups is 1. The standard InChI is InChI=1S/C10H21NO2/c1-5-6-8(11-4)10(13)9(12)7(2)3/h7-8,10-11,13H,5-6H2,1-4H3. The molecule has 0 aliphatic carbocycles. The first-order valence-electron chi connectivity index (χ1n) is 4.93. The Labute approximate surface area is 80.5 Å². The number of aliphatic hydroxyl groups excluding tert-OH is 1. The van der Waals surface area contributed by atoms with Crippen molar-refractivity contribution in [3.8, 4) is 0 Å². The Hall–Kier alpha value is -0.410. The average molecular weight is 187 g/mol. The maximum absolute atomic E-state index is 11.4. The van der Waals surface area contributed by atoms with Crippen LogP contribution in [0.2, 0.25) is 0 Å². The lowest BCUT2D eigenvalue weighted by Crippen LogP contribution is -2.44. The number of likely N-dealkylation sites (N-methyl/N-ethyl adjacent to an activating group) is 1. The molecule has 0 radical (unpaired) electrons.